The molecular formula is C18H28O3. The van der Waals surface area contributed by atoms with Crippen molar-refractivity contribution in [1.82, 2.24) is 0 Å². The molecule has 0 aromatic heterocycles. The number of hydrogen-bond donors (Lipinski definition) is 1. The Bertz CT molecular complexity index is 411. The van der Waals surface area contributed by atoms with E-state index in [2.05, 4.69) is 13.8 Å². The molecule has 1 aromatic carbocycles. The molecule has 118 valence electrons. The molecule has 0 aliphatic rings. The molecule has 0 aliphatic carbocycles. The first-order chi connectivity index (χ1) is 10.0. The summed E-state index contributed by atoms with van der Waals surface area (Å²) in [6.07, 6.45) is 6.45. The van der Waals surface area contributed by atoms with Crippen LogP contribution >= 0.6 is 0 Å². The molecule has 1 N–H and O–H groups in total. The Morgan fingerprint density at radius 1 is 1.14 bits per heavy atom. The molecule has 0 spiro atoms. The molecule has 0 saturated carbocycles. The summed E-state index contributed by atoms with van der Waals surface area (Å²) in [4.78, 5) is 10.9. The Hall–Kier alpha value is -1.35. The van der Waals surface area contributed by atoms with Gasteiger partial charge in [0.1, 0.15) is 0 Å². The van der Waals surface area contributed by atoms with E-state index in [1.54, 1.807) is 6.92 Å². The average Bonchev–Trinajstić information content (AvgIpc) is 2.49. The van der Waals surface area contributed by atoms with Gasteiger partial charge in [0.15, 0.2) is 0 Å². The Morgan fingerprint density at radius 3 is 2.38 bits per heavy atom. The van der Waals surface area contributed by atoms with Crippen LogP contribution in [-0.2, 0) is 16.1 Å². The second-order valence-electron chi connectivity index (χ2n) is 5.77. The van der Waals surface area contributed by atoms with Crippen molar-refractivity contribution in [2.45, 2.75) is 71.5 Å². The van der Waals surface area contributed by atoms with Crippen LogP contribution in [0.5, 0.6) is 0 Å². The summed E-state index contributed by atoms with van der Waals surface area (Å²) in [6, 6.07) is 7.67. The first-order valence-electron chi connectivity index (χ1n) is 7.97. The van der Waals surface area contributed by atoms with Gasteiger partial charge in [-0.25, -0.2) is 0 Å². The fraction of sp³-hybridized carbons (Fsp3) is 0.611. The summed E-state index contributed by atoms with van der Waals surface area (Å²) < 4.78 is 5.84. The molecule has 0 saturated heterocycles. The summed E-state index contributed by atoms with van der Waals surface area (Å²) in [7, 11) is 0. The lowest BCUT2D eigenvalue weighted by Gasteiger charge is -2.13. The maximum Gasteiger partial charge on any atom is 0.310 e. The van der Waals surface area contributed by atoms with E-state index >= 15 is 0 Å². The number of carboxylic acids is 1. The lowest BCUT2D eigenvalue weighted by Crippen LogP contribution is -2.09. The van der Waals surface area contributed by atoms with E-state index in [9.17, 15) is 4.79 Å². The molecule has 0 amide bonds. The molecule has 3 nitrogen and oxygen atoms in total. The minimum atomic E-state index is -0.792. The highest BCUT2D eigenvalue weighted by Gasteiger charge is 2.13. The van der Waals surface area contributed by atoms with Crippen LogP contribution in [0.1, 0.15) is 69.9 Å². The van der Waals surface area contributed by atoms with Crippen molar-refractivity contribution < 1.29 is 14.6 Å². The lowest BCUT2D eigenvalue weighted by molar-refractivity contribution is -0.138. The number of carboxylic acid groups (broad SMARTS) is 1. The molecule has 3 heteroatoms. The number of benzene rings is 1. The fourth-order valence-corrected chi connectivity index (χ4v) is 2.23. The van der Waals surface area contributed by atoms with Gasteiger partial charge in [-0.05, 0) is 31.4 Å². The number of ether oxygens (including phenoxy) is 1. The second-order valence-corrected chi connectivity index (χ2v) is 5.77. The Kier molecular flexibility index (Phi) is 8.06. The Balaban J connectivity index is 2.33. The summed E-state index contributed by atoms with van der Waals surface area (Å²) >= 11 is 0. The third kappa shape index (κ3) is 6.76. The summed E-state index contributed by atoms with van der Waals surface area (Å²) in [5.41, 5.74) is 1.93. The van der Waals surface area contributed by atoms with Crippen molar-refractivity contribution in [2.75, 3.05) is 0 Å². The smallest absolute Gasteiger partial charge is 0.310 e. The molecule has 0 bridgehead atoms. The van der Waals surface area contributed by atoms with Crippen molar-refractivity contribution in [2.24, 2.45) is 0 Å². The van der Waals surface area contributed by atoms with Crippen molar-refractivity contribution in [1.29, 1.82) is 0 Å². The van der Waals surface area contributed by atoms with Gasteiger partial charge in [0.25, 0.3) is 0 Å². The van der Waals surface area contributed by atoms with Crippen LogP contribution in [0, 0.1) is 0 Å². The number of rotatable bonds is 10. The quantitative estimate of drug-likeness (QED) is 0.633. The van der Waals surface area contributed by atoms with Crippen LogP contribution in [0.4, 0.5) is 0 Å². The molecule has 0 heterocycles. The fourth-order valence-electron chi connectivity index (χ4n) is 2.23. The molecular weight excluding hydrogens is 264 g/mol. The van der Waals surface area contributed by atoms with Crippen LogP contribution < -0.4 is 0 Å². The lowest BCUT2D eigenvalue weighted by atomic mass is 10.0. The van der Waals surface area contributed by atoms with Crippen LogP contribution in [0.15, 0.2) is 24.3 Å². The standard InChI is InChI=1S/C18H28O3/c1-4-5-6-7-8-14(2)21-13-16-9-11-17(12-10-16)15(3)18(19)20/h9-12,14-15H,4-8,13H2,1-3H3,(H,19,20). The molecule has 1 rings (SSSR count). The zero-order valence-corrected chi connectivity index (χ0v) is 13.5. The number of carbonyl (C=O) groups is 1. The highest BCUT2D eigenvalue weighted by molar-refractivity contribution is 5.75. The highest BCUT2D eigenvalue weighted by atomic mass is 16.5. The average molecular weight is 292 g/mol. The van der Waals surface area contributed by atoms with Gasteiger partial charge in [-0.1, -0.05) is 56.9 Å². The van der Waals surface area contributed by atoms with Gasteiger partial charge in [0.05, 0.1) is 18.6 Å². The first-order valence-corrected chi connectivity index (χ1v) is 7.97. The molecule has 2 atom stereocenters. The summed E-state index contributed by atoms with van der Waals surface area (Å²) in [6.45, 7) is 6.63. The van der Waals surface area contributed by atoms with E-state index in [1.165, 1.54) is 25.7 Å². The normalized spacial score (nSPS) is 13.9. The van der Waals surface area contributed by atoms with Gasteiger partial charge in [0.2, 0.25) is 0 Å². The summed E-state index contributed by atoms with van der Waals surface area (Å²) in [5, 5.41) is 8.98. The van der Waals surface area contributed by atoms with E-state index in [4.69, 9.17) is 9.84 Å². The third-order valence-electron chi connectivity index (χ3n) is 3.85. The van der Waals surface area contributed by atoms with Gasteiger partial charge in [-0.3, -0.25) is 4.79 Å². The van der Waals surface area contributed by atoms with E-state index in [0.29, 0.717) is 6.61 Å². The van der Waals surface area contributed by atoms with Gasteiger partial charge in [-0.15, -0.1) is 0 Å². The highest BCUT2D eigenvalue weighted by Crippen LogP contribution is 2.17. The molecule has 1 aromatic rings. The number of hydrogen-bond acceptors (Lipinski definition) is 2. The molecule has 0 fully saturated rings. The summed E-state index contributed by atoms with van der Waals surface area (Å²) in [5.74, 6) is -1.25. The van der Waals surface area contributed by atoms with Gasteiger partial charge in [-0.2, -0.15) is 0 Å². The maximum absolute atomic E-state index is 10.9. The zero-order chi connectivity index (χ0) is 15.7. The third-order valence-corrected chi connectivity index (χ3v) is 3.85. The van der Waals surface area contributed by atoms with Gasteiger partial charge in [0, 0.05) is 0 Å². The van der Waals surface area contributed by atoms with Crippen molar-refractivity contribution in [3.8, 4) is 0 Å². The molecule has 0 aliphatic heterocycles. The first kappa shape index (κ1) is 17.7. The minimum Gasteiger partial charge on any atom is -0.481 e. The van der Waals surface area contributed by atoms with Crippen molar-refractivity contribution >= 4 is 5.97 Å². The van der Waals surface area contributed by atoms with Crippen LogP contribution in [0.2, 0.25) is 0 Å². The van der Waals surface area contributed by atoms with E-state index in [1.807, 2.05) is 24.3 Å². The molecule has 0 radical (unpaired) electrons. The van der Waals surface area contributed by atoms with Crippen LogP contribution in [0.3, 0.4) is 0 Å². The number of aliphatic carboxylic acids is 1. The number of unbranched alkanes of at least 4 members (excludes halogenated alkanes) is 3. The maximum atomic E-state index is 10.9. The monoisotopic (exact) mass is 292 g/mol. The van der Waals surface area contributed by atoms with Crippen molar-refractivity contribution in [3.05, 3.63) is 35.4 Å². The molecule has 21 heavy (non-hydrogen) atoms. The van der Waals surface area contributed by atoms with E-state index < -0.39 is 11.9 Å². The Labute approximate surface area is 128 Å². The second kappa shape index (κ2) is 9.56. The SMILES string of the molecule is CCCCCCC(C)OCc1ccc(C(C)C(=O)O)cc1. The van der Waals surface area contributed by atoms with E-state index in [0.717, 1.165) is 17.5 Å². The van der Waals surface area contributed by atoms with Crippen LogP contribution in [-0.4, -0.2) is 17.2 Å². The van der Waals surface area contributed by atoms with Crippen molar-refractivity contribution in [3.63, 3.8) is 0 Å². The van der Waals surface area contributed by atoms with Crippen LogP contribution in [0.25, 0.3) is 0 Å². The Morgan fingerprint density at radius 2 is 1.81 bits per heavy atom. The van der Waals surface area contributed by atoms with Gasteiger partial charge >= 0.3 is 5.97 Å². The topological polar surface area (TPSA) is 46.5 Å². The molecule has 2 unspecified atom stereocenters. The predicted molar refractivity (Wildman–Crippen MR) is 85.5 cm³/mol. The minimum absolute atomic E-state index is 0.277. The van der Waals surface area contributed by atoms with E-state index in [-0.39, 0.29) is 6.10 Å². The largest absolute Gasteiger partial charge is 0.481 e. The zero-order valence-electron chi connectivity index (χ0n) is 13.5. The predicted octanol–water partition coefficient (Wildman–Crippen LogP) is 4.75. The van der Waals surface area contributed by atoms with Gasteiger partial charge < -0.3 is 9.84 Å².